The molecule has 0 radical (unpaired) electrons. The molecule has 3 heteroatoms. The molecular weight excluding hydrogens is 126 g/mol. The van der Waals surface area contributed by atoms with Crippen molar-refractivity contribution >= 4 is 11.6 Å². The van der Waals surface area contributed by atoms with Gasteiger partial charge in [0.25, 0.3) is 0 Å². The normalized spacial score (nSPS) is 9.75. The van der Waals surface area contributed by atoms with Crippen LogP contribution in [0.3, 0.4) is 0 Å². The fraction of sp³-hybridized carbons (Fsp3) is 0.400. The largest absolute Gasteiger partial charge is 0.344 e. The van der Waals surface area contributed by atoms with Crippen LogP contribution in [0.25, 0.3) is 0 Å². The van der Waals surface area contributed by atoms with E-state index < -0.39 is 0 Å². The van der Waals surface area contributed by atoms with E-state index in [9.17, 15) is 0 Å². The Balaban J connectivity index is 2.92. The third-order valence-electron chi connectivity index (χ3n) is 0.975. The standard InChI is InChI=1S/C5H6ClNO/c1-2-4-3-7-8-5(4)6/h3H,2H2,1H3. The summed E-state index contributed by atoms with van der Waals surface area (Å²) in [5, 5.41) is 3.90. The Labute approximate surface area is 52.4 Å². The van der Waals surface area contributed by atoms with Crippen LogP contribution in [0, 0.1) is 0 Å². The molecule has 0 aliphatic carbocycles. The van der Waals surface area contributed by atoms with Crippen molar-refractivity contribution in [2.75, 3.05) is 0 Å². The summed E-state index contributed by atoms with van der Waals surface area (Å²) in [5.41, 5.74) is 0.965. The lowest BCUT2D eigenvalue weighted by atomic mass is 10.3. The SMILES string of the molecule is CCc1cnoc1Cl. The summed E-state index contributed by atoms with van der Waals surface area (Å²) in [7, 11) is 0. The van der Waals surface area contributed by atoms with Gasteiger partial charge in [0, 0.05) is 5.56 Å². The highest BCUT2D eigenvalue weighted by Gasteiger charge is 1.99. The van der Waals surface area contributed by atoms with E-state index >= 15 is 0 Å². The lowest BCUT2D eigenvalue weighted by Gasteiger charge is -1.81. The van der Waals surface area contributed by atoms with Crippen molar-refractivity contribution in [2.45, 2.75) is 13.3 Å². The predicted molar refractivity (Wildman–Crippen MR) is 30.9 cm³/mol. The van der Waals surface area contributed by atoms with Gasteiger partial charge in [-0.2, -0.15) is 0 Å². The average Bonchev–Trinajstić information content (AvgIpc) is 2.14. The first-order valence-corrected chi connectivity index (χ1v) is 2.81. The number of hydrogen-bond acceptors (Lipinski definition) is 2. The van der Waals surface area contributed by atoms with Crippen molar-refractivity contribution in [1.29, 1.82) is 0 Å². The second-order valence-corrected chi connectivity index (χ2v) is 1.82. The average molecular weight is 132 g/mol. The molecule has 2 nitrogen and oxygen atoms in total. The Morgan fingerprint density at radius 2 is 2.62 bits per heavy atom. The molecule has 0 atom stereocenters. The van der Waals surface area contributed by atoms with Crippen molar-refractivity contribution in [3.8, 4) is 0 Å². The number of nitrogens with zero attached hydrogens (tertiary/aromatic N) is 1. The van der Waals surface area contributed by atoms with Gasteiger partial charge >= 0.3 is 0 Å². The highest BCUT2D eigenvalue weighted by Crippen LogP contribution is 2.13. The van der Waals surface area contributed by atoms with Crippen molar-refractivity contribution < 1.29 is 4.52 Å². The predicted octanol–water partition coefficient (Wildman–Crippen LogP) is 1.89. The van der Waals surface area contributed by atoms with Gasteiger partial charge in [-0.25, -0.2) is 0 Å². The molecule has 44 valence electrons. The van der Waals surface area contributed by atoms with Crippen LogP contribution >= 0.6 is 11.6 Å². The lowest BCUT2D eigenvalue weighted by molar-refractivity contribution is 0.421. The van der Waals surface area contributed by atoms with Gasteiger partial charge in [-0.3, -0.25) is 0 Å². The van der Waals surface area contributed by atoms with E-state index in [0.717, 1.165) is 12.0 Å². The van der Waals surface area contributed by atoms with Crippen LogP contribution in [0.4, 0.5) is 0 Å². The Hall–Kier alpha value is -0.500. The van der Waals surface area contributed by atoms with Crippen molar-refractivity contribution in [1.82, 2.24) is 5.16 Å². The van der Waals surface area contributed by atoms with Crippen molar-refractivity contribution in [3.63, 3.8) is 0 Å². The van der Waals surface area contributed by atoms with Crippen LogP contribution in [-0.4, -0.2) is 5.16 Å². The maximum atomic E-state index is 5.51. The Kier molecular flexibility index (Phi) is 1.53. The van der Waals surface area contributed by atoms with E-state index in [1.165, 1.54) is 0 Å². The van der Waals surface area contributed by atoms with Crippen LogP contribution < -0.4 is 0 Å². The van der Waals surface area contributed by atoms with Gasteiger partial charge in [0.05, 0.1) is 6.20 Å². The van der Waals surface area contributed by atoms with Crippen LogP contribution in [0.1, 0.15) is 12.5 Å². The summed E-state index contributed by atoms with van der Waals surface area (Å²) in [6, 6.07) is 0. The molecule has 0 spiro atoms. The first kappa shape index (κ1) is 5.63. The van der Waals surface area contributed by atoms with Gasteiger partial charge in [0.1, 0.15) is 0 Å². The second kappa shape index (κ2) is 2.18. The first-order chi connectivity index (χ1) is 3.84. The van der Waals surface area contributed by atoms with Crippen LogP contribution in [0.5, 0.6) is 0 Å². The molecule has 0 aromatic carbocycles. The molecule has 1 aromatic rings. The van der Waals surface area contributed by atoms with Crippen LogP contribution in [0.15, 0.2) is 10.7 Å². The summed E-state index contributed by atoms with van der Waals surface area (Å²) in [6.07, 6.45) is 2.50. The number of halogens is 1. The molecule has 8 heavy (non-hydrogen) atoms. The number of hydrogen-bond donors (Lipinski definition) is 0. The van der Waals surface area contributed by atoms with Gasteiger partial charge in [-0.1, -0.05) is 12.1 Å². The van der Waals surface area contributed by atoms with Crippen LogP contribution in [-0.2, 0) is 6.42 Å². The second-order valence-electron chi connectivity index (χ2n) is 1.48. The molecule has 1 rings (SSSR count). The zero-order chi connectivity index (χ0) is 5.98. The zero-order valence-corrected chi connectivity index (χ0v) is 5.27. The molecule has 0 fully saturated rings. The van der Waals surface area contributed by atoms with Crippen molar-refractivity contribution in [3.05, 3.63) is 17.0 Å². The quantitative estimate of drug-likeness (QED) is 0.582. The topological polar surface area (TPSA) is 26.0 Å². The summed E-state index contributed by atoms with van der Waals surface area (Å²) in [4.78, 5) is 0. The smallest absolute Gasteiger partial charge is 0.229 e. The van der Waals surface area contributed by atoms with Gasteiger partial charge < -0.3 is 4.52 Å². The summed E-state index contributed by atoms with van der Waals surface area (Å²) in [5.74, 6) is 0. The Morgan fingerprint density at radius 1 is 1.88 bits per heavy atom. The monoisotopic (exact) mass is 131 g/mol. The highest BCUT2D eigenvalue weighted by atomic mass is 35.5. The number of aryl methyl sites for hydroxylation is 1. The summed E-state index contributed by atoms with van der Waals surface area (Å²) < 4.78 is 4.57. The minimum Gasteiger partial charge on any atom is -0.344 e. The molecule has 0 saturated carbocycles. The summed E-state index contributed by atoms with van der Waals surface area (Å²) in [6.45, 7) is 2.00. The molecule has 0 amide bonds. The van der Waals surface area contributed by atoms with Gasteiger partial charge in [-0.15, -0.1) is 0 Å². The first-order valence-electron chi connectivity index (χ1n) is 2.43. The van der Waals surface area contributed by atoms with Gasteiger partial charge in [0.15, 0.2) is 0 Å². The minimum absolute atomic E-state index is 0.410. The molecule has 0 unspecified atom stereocenters. The third kappa shape index (κ3) is 0.842. The molecule has 0 bridgehead atoms. The fourth-order valence-electron chi connectivity index (χ4n) is 0.476. The fourth-order valence-corrected chi connectivity index (χ4v) is 0.698. The highest BCUT2D eigenvalue weighted by molar-refractivity contribution is 6.29. The minimum atomic E-state index is 0.410. The number of rotatable bonds is 1. The van der Waals surface area contributed by atoms with Crippen molar-refractivity contribution in [2.24, 2.45) is 0 Å². The molecular formula is C5H6ClNO. The Morgan fingerprint density at radius 3 is 2.88 bits per heavy atom. The van der Waals surface area contributed by atoms with E-state index in [1.54, 1.807) is 6.20 Å². The van der Waals surface area contributed by atoms with E-state index in [-0.39, 0.29) is 0 Å². The number of aromatic nitrogens is 1. The molecule has 1 aromatic heterocycles. The van der Waals surface area contributed by atoms with E-state index in [0.29, 0.717) is 5.22 Å². The maximum Gasteiger partial charge on any atom is 0.229 e. The molecule has 0 aliphatic rings. The van der Waals surface area contributed by atoms with E-state index in [4.69, 9.17) is 11.6 Å². The molecule has 0 N–H and O–H groups in total. The van der Waals surface area contributed by atoms with Gasteiger partial charge in [0.2, 0.25) is 5.22 Å². The molecule has 1 heterocycles. The van der Waals surface area contributed by atoms with E-state index in [1.807, 2.05) is 6.92 Å². The Bertz CT molecular complexity index is 173. The maximum absolute atomic E-state index is 5.51. The lowest BCUT2D eigenvalue weighted by Crippen LogP contribution is -1.71. The zero-order valence-electron chi connectivity index (χ0n) is 4.52. The molecule has 0 aliphatic heterocycles. The summed E-state index contributed by atoms with van der Waals surface area (Å²) >= 11 is 5.51. The molecule has 0 saturated heterocycles. The van der Waals surface area contributed by atoms with Crippen LogP contribution in [0.2, 0.25) is 5.22 Å². The van der Waals surface area contributed by atoms with Gasteiger partial charge in [-0.05, 0) is 18.0 Å². The van der Waals surface area contributed by atoms with E-state index in [2.05, 4.69) is 9.68 Å². The third-order valence-corrected chi connectivity index (χ3v) is 1.29.